The van der Waals surface area contributed by atoms with Gasteiger partial charge in [-0.25, -0.2) is 22.8 Å². The third-order valence-electron chi connectivity index (χ3n) is 6.63. The number of hydrogen-bond acceptors (Lipinski definition) is 7. The molecule has 0 spiro atoms. The summed E-state index contributed by atoms with van der Waals surface area (Å²) in [5, 5.41) is 2.66. The van der Waals surface area contributed by atoms with E-state index in [0.29, 0.717) is 22.0 Å². The largest absolute Gasteiger partial charge is 0.480 e. The summed E-state index contributed by atoms with van der Waals surface area (Å²) >= 11 is 5.99. The van der Waals surface area contributed by atoms with Gasteiger partial charge in [-0.1, -0.05) is 31.5 Å². The SMILES string of the molecule is C=N/C(OC)=C(\C=C(/C)c1ccc2ncn(C[C@H](C)[C@@H](C)C(=O)NC)c(=O)c2c1)NS(=O)(=O)c1ccc(F)cc1Cl. The van der Waals surface area contributed by atoms with Crippen molar-refractivity contribution < 1.29 is 22.3 Å². The quantitative estimate of drug-likeness (QED) is 0.193. The molecule has 0 bridgehead atoms. The molecule has 1 heterocycles. The number of hydrogen-bond donors (Lipinski definition) is 2. The van der Waals surface area contributed by atoms with E-state index in [1.54, 1.807) is 39.1 Å². The Morgan fingerprint density at radius 3 is 2.59 bits per heavy atom. The summed E-state index contributed by atoms with van der Waals surface area (Å²) in [7, 11) is -1.42. The summed E-state index contributed by atoms with van der Waals surface area (Å²) in [6.45, 7) is 9.11. The van der Waals surface area contributed by atoms with Crippen molar-refractivity contribution in [2.75, 3.05) is 14.2 Å². The first-order valence-corrected chi connectivity index (χ1v) is 14.3. The van der Waals surface area contributed by atoms with E-state index < -0.39 is 15.8 Å². The van der Waals surface area contributed by atoms with Gasteiger partial charge in [0.05, 0.1) is 29.4 Å². The molecule has 0 fully saturated rings. The normalized spacial score (nSPS) is 14.2. The zero-order valence-electron chi connectivity index (χ0n) is 23.2. The molecule has 13 heteroatoms. The van der Waals surface area contributed by atoms with Crippen LogP contribution in [0.1, 0.15) is 26.3 Å². The lowest BCUT2D eigenvalue weighted by atomic mass is 9.95. The average Bonchev–Trinajstić information content (AvgIpc) is 2.93. The Bertz CT molecular complexity index is 1720. The molecule has 2 N–H and O–H groups in total. The lowest BCUT2D eigenvalue weighted by molar-refractivity contribution is -0.125. The summed E-state index contributed by atoms with van der Waals surface area (Å²) in [6.07, 6.45) is 2.92. The van der Waals surface area contributed by atoms with Gasteiger partial charge in [0.1, 0.15) is 16.4 Å². The minimum absolute atomic E-state index is 0.0684. The van der Waals surface area contributed by atoms with Crippen LogP contribution in [0.5, 0.6) is 0 Å². The number of fused-ring (bicyclic) bond motifs is 1. The highest BCUT2D eigenvalue weighted by Crippen LogP contribution is 2.25. The molecule has 218 valence electrons. The predicted molar refractivity (Wildman–Crippen MR) is 157 cm³/mol. The highest BCUT2D eigenvalue weighted by Gasteiger charge is 2.22. The highest BCUT2D eigenvalue weighted by atomic mass is 35.5. The Labute approximate surface area is 242 Å². The zero-order valence-corrected chi connectivity index (χ0v) is 24.8. The van der Waals surface area contributed by atoms with Crippen molar-refractivity contribution in [2.45, 2.75) is 32.2 Å². The molecule has 0 saturated carbocycles. The molecule has 0 aliphatic carbocycles. The predicted octanol–water partition coefficient (Wildman–Crippen LogP) is 4.11. The fourth-order valence-corrected chi connectivity index (χ4v) is 5.66. The van der Waals surface area contributed by atoms with Gasteiger partial charge >= 0.3 is 0 Å². The second-order valence-corrected chi connectivity index (χ2v) is 11.5. The number of methoxy groups -OCH3 is 1. The van der Waals surface area contributed by atoms with E-state index in [0.717, 1.165) is 18.2 Å². The van der Waals surface area contributed by atoms with Crippen LogP contribution < -0.4 is 15.6 Å². The Morgan fingerprint density at radius 2 is 1.98 bits per heavy atom. The fourth-order valence-electron chi connectivity index (χ4n) is 4.08. The lowest BCUT2D eigenvalue weighted by Gasteiger charge is -2.19. The van der Waals surface area contributed by atoms with E-state index >= 15 is 0 Å². The maximum Gasteiger partial charge on any atom is 0.263 e. The molecule has 1 aromatic heterocycles. The minimum Gasteiger partial charge on any atom is -0.480 e. The molecular weight excluding hydrogens is 573 g/mol. The Hall–Kier alpha value is -4.03. The van der Waals surface area contributed by atoms with Gasteiger partial charge < -0.3 is 10.1 Å². The number of carbonyl (C=O) groups is 1. The summed E-state index contributed by atoms with van der Waals surface area (Å²) in [5.41, 5.74) is 1.26. The monoisotopic (exact) mass is 603 g/mol. The first kappa shape index (κ1) is 31.5. The van der Waals surface area contributed by atoms with Crippen LogP contribution in [-0.2, 0) is 26.1 Å². The van der Waals surface area contributed by atoms with Gasteiger partial charge in [-0.15, -0.1) is 0 Å². The number of aromatic nitrogens is 2. The molecular formula is C28H31ClFN5O5S. The molecule has 3 rings (SSSR count). The number of halogens is 2. The second-order valence-electron chi connectivity index (χ2n) is 9.40. The van der Waals surface area contributed by atoms with Crippen molar-refractivity contribution in [3.05, 3.63) is 87.1 Å². The summed E-state index contributed by atoms with van der Waals surface area (Å²) in [6, 6.07) is 7.97. The van der Waals surface area contributed by atoms with E-state index in [-0.39, 0.29) is 51.3 Å². The number of nitrogens with zero attached hydrogens (tertiary/aromatic N) is 3. The Morgan fingerprint density at radius 1 is 1.27 bits per heavy atom. The van der Waals surface area contributed by atoms with Crippen LogP contribution in [0.3, 0.4) is 0 Å². The number of benzene rings is 2. The van der Waals surface area contributed by atoms with Gasteiger partial charge in [-0.05, 0) is 67.1 Å². The maximum absolute atomic E-state index is 13.5. The smallest absolute Gasteiger partial charge is 0.263 e. The molecule has 41 heavy (non-hydrogen) atoms. The average molecular weight is 604 g/mol. The molecule has 0 radical (unpaired) electrons. The number of nitrogens with one attached hydrogen (secondary N) is 2. The van der Waals surface area contributed by atoms with E-state index in [1.165, 1.54) is 24.1 Å². The molecule has 0 aliphatic heterocycles. The van der Waals surface area contributed by atoms with Gasteiger partial charge in [0.25, 0.3) is 15.6 Å². The van der Waals surface area contributed by atoms with E-state index in [4.69, 9.17) is 16.3 Å². The van der Waals surface area contributed by atoms with E-state index in [2.05, 4.69) is 26.7 Å². The summed E-state index contributed by atoms with van der Waals surface area (Å²) in [4.78, 5) is 33.2. The number of rotatable bonds is 11. The van der Waals surface area contributed by atoms with Crippen molar-refractivity contribution in [2.24, 2.45) is 16.8 Å². The number of amides is 1. The number of carbonyl (C=O) groups excluding carboxylic acids is 1. The van der Waals surface area contributed by atoms with Gasteiger partial charge in [0, 0.05) is 19.5 Å². The third kappa shape index (κ3) is 7.19. The van der Waals surface area contributed by atoms with Crippen LogP contribution in [0, 0.1) is 17.7 Å². The molecule has 0 unspecified atom stereocenters. The molecule has 0 aliphatic rings. The van der Waals surface area contributed by atoms with Gasteiger partial charge in [0.15, 0.2) is 0 Å². The minimum atomic E-state index is -4.28. The Balaban J connectivity index is 2.03. The maximum atomic E-state index is 13.5. The number of allylic oxidation sites excluding steroid dienone is 2. The first-order valence-electron chi connectivity index (χ1n) is 12.4. The van der Waals surface area contributed by atoms with Crippen LogP contribution in [0.25, 0.3) is 16.5 Å². The molecule has 3 aromatic rings. The number of sulfonamides is 1. The molecule has 10 nitrogen and oxygen atoms in total. The van der Waals surface area contributed by atoms with Crippen LogP contribution in [0.4, 0.5) is 4.39 Å². The van der Waals surface area contributed by atoms with Crippen LogP contribution >= 0.6 is 11.6 Å². The zero-order chi connectivity index (χ0) is 30.5. The lowest BCUT2D eigenvalue weighted by Crippen LogP contribution is -2.33. The Kier molecular flexibility index (Phi) is 10.1. The van der Waals surface area contributed by atoms with Gasteiger partial charge in [0.2, 0.25) is 11.8 Å². The van der Waals surface area contributed by atoms with Crippen molar-refractivity contribution in [1.82, 2.24) is 19.6 Å². The van der Waals surface area contributed by atoms with Crippen LogP contribution in [-0.4, -0.2) is 44.8 Å². The standard InChI is InChI=1S/C28H31ClFN5O5S/c1-16(11-24(27(32-5)40-6)34-41(38,39)25-10-8-20(30)13-22(25)29)19-7-9-23-21(12-19)28(37)35(15-33-23)14-17(2)18(3)26(36)31-4/h7-13,15,17-18,34H,5,14H2,1-4,6H3,(H,31,36)/b16-11+,27-24-/t17-,18+/m0/s1. The van der Waals surface area contributed by atoms with Crippen molar-refractivity contribution in [3.8, 4) is 0 Å². The summed E-state index contributed by atoms with van der Waals surface area (Å²) < 4.78 is 48.8. The third-order valence-corrected chi connectivity index (χ3v) is 8.48. The highest BCUT2D eigenvalue weighted by molar-refractivity contribution is 7.89. The van der Waals surface area contributed by atoms with Crippen LogP contribution in [0.2, 0.25) is 5.02 Å². The van der Waals surface area contributed by atoms with Gasteiger partial charge in [-0.2, -0.15) is 0 Å². The van der Waals surface area contributed by atoms with E-state index in [1.807, 2.05) is 6.92 Å². The fraction of sp³-hybridized carbons (Fsp3) is 0.286. The van der Waals surface area contributed by atoms with E-state index in [9.17, 15) is 22.4 Å². The summed E-state index contributed by atoms with van der Waals surface area (Å²) in [5.74, 6) is -1.38. The molecule has 2 aromatic carbocycles. The van der Waals surface area contributed by atoms with Crippen LogP contribution in [0.15, 0.2) is 75.1 Å². The topological polar surface area (TPSA) is 132 Å². The molecule has 2 atom stereocenters. The second kappa shape index (κ2) is 13.1. The van der Waals surface area contributed by atoms with Crippen molar-refractivity contribution in [3.63, 3.8) is 0 Å². The molecule has 1 amide bonds. The van der Waals surface area contributed by atoms with Crippen molar-refractivity contribution in [1.29, 1.82) is 0 Å². The van der Waals surface area contributed by atoms with Gasteiger partial charge in [-0.3, -0.25) is 18.9 Å². The first-order chi connectivity index (χ1) is 19.3. The number of aliphatic imine (C=N–C) groups is 1. The molecule has 0 saturated heterocycles. The number of ether oxygens (including phenoxy) is 1. The van der Waals surface area contributed by atoms with Crippen molar-refractivity contribution >= 4 is 50.7 Å².